The van der Waals surface area contributed by atoms with E-state index in [2.05, 4.69) is 5.32 Å². The van der Waals surface area contributed by atoms with Gasteiger partial charge in [0, 0.05) is 6.20 Å². The first-order chi connectivity index (χ1) is 6.20. The predicted octanol–water partition coefficient (Wildman–Crippen LogP) is 0.357. The van der Waals surface area contributed by atoms with Gasteiger partial charge in [-0.15, -0.1) is 0 Å². The van der Waals surface area contributed by atoms with Gasteiger partial charge in [-0.05, 0) is 30.4 Å². The van der Waals surface area contributed by atoms with Gasteiger partial charge in [-0.2, -0.15) is 0 Å². The highest BCUT2D eigenvalue weighted by Gasteiger charge is 2.29. The molecule has 0 spiro atoms. The first-order valence-corrected chi connectivity index (χ1v) is 4.30. The van der Waals surface area contributed by atoms with Gasteiger partial charge >= 0.3 is 5.97 Å². The number of carboxylic acids is 1. The molecule has 4 nitrogen and oxygen atoms in total. The van der Waals surface area contributed by atoms with E-state index in [1.165, 1.54) is 0 Å². The topological polar surface area (TPSA) is 69.6 Å². The van der Waals surface area contributed by atoms with Gasteiger partial charge in [0.1, 0.15) is 0 Å². The lowest BCUT2D eigenvalue weighted by molar-refractivity contribution is -0.134. The van der Waals surface area contributed by atoms with Gasteiger partial charge in [-0.25, -0.2) is 4.79 Å². The Kier molecular flexibility index (Phi) is 1.84. The van der Waals surface area contributed by atoms with Crippen molar-refractivity contribution in [3.8, 4) is 0 Å². The molecule has 1 atom stereocenters. The standard InChI is InChI=1S/C9H11NO3/c11-8-7(9(12)13)6-3-1-2-5(6)4-10-8/h4,8,10-11H,1-3H2,(H,12,13). The van der Waals surface area contributed by atoms with Gasteiger partial charge in [-0.1, -0.05) is 0 Å². The molecule has 3 N–H and O–H groups in total. The number of rotatable bonds is 1. The van der Waals surface area contributed by atoms with E-state index in [1.807, 2.05) is 0 Å². The SMILES string of the molecule is O=C(O)C1=C2CCCC2=CNC1O. The summed E-state index contributed by atoms with van der Waals surface area (Å²) in [5, 5.41) is 20.9. The van der Waals surface area contributed by atoms with Crippen LogP contribution in [0.25, 0.3) is 0 Å². The number of nitrogens with one attached hydrogen (secondary N) is 1. The molecule has 4 heteroatoms. The molecule has 0 aromatic carbocycles. The van der Waals surface area contributed by atoms with Crippen LogP contribution in [0.5, 0.6) is 0 Å². The van der Waals surface area contributed by atoms with Crippen LogP contribution in [0, 0.1) is 0 Å². The second-order valence-electron chi connectivity index (χ2n) is 3.29. The summed E-state index contributed by atoms with van der Waals surface area (Å²) in [6.45, 7) is 0. The first kappa shape index (κ1) is 8.31. The second kappa shape index (κ2) is 2.88. The molecule has 0 aromatic rings. The maximum Gasteiger partial charge on any atom is 0.336 e. The molecule has 0 saturated heterocycles. The van der Waals surface area contributed by atoms with Crippen molar-refractivity contribution in [3.05, 3.63) is 22.9 Å². The largest absolute Gasteiger partial charge is 0.478 e. The van der Waals surface area contributed by atoms with Crippen LogP contribution in [-0.2, 0) is 4.79 Å². The quantitative estimate of drug-likeness (QED) is 0.546. The Hall–Kier alpha value is -1.29. The summed E-state index contributed by atoms with van der Waals surface area (Å²) >= 11 is 0. The molecule has 1 fully saturated rings. The van der Waals surface area contributed by atoms with Crippen molar-refractivity contribution in [2.75, 3.05) is 0 Å². The van der Waals surface area contributed by atoms with E-state index in [1.54, 1.807) is 6.20 Å². The van der Waals surface area contributed by atoms with Gasteiger partial charge in [0.05, 0.1) is 5.57 Å². The zero-order chi connectivity index (χ0) is 9.42. The molecular weight excluding hydrogens is 170 g/mol. The highest BCUT2D eigenvalue weighted by atomic mass is 16.4. The molecule has 0 amide bonds. The summed E-state index contributed by atoms with van der Waals surface area (Å²) in [6.07, 6.45) is 3.33. The molecule has 2 aliphatic rings. The van der Waals surface area contributed by atoms with E-state index < -0.39 is 12.2 Å². The highest BCUT2D eigenvalue weighted by Crippen LogP contribution is 2.35. The van der Waals surface area contributed by atoms with E-state index in [0.717, 1.165) is 30.4 Å². The van der Waals surface area contributed by atoms with E-state index in [0.29, 0.717) is 0 Å². The van der Waals surface area contributed by atoms with Crippen molar-refractivity contribution in [3.63, 3.8) is 0 Å². The fraction of sp³-hybridized carbons (Fsp3) is 0.444. The zero-order valence-electron chi connectivity index (χ0n) is 7.08. The van der Waals surface area contributed by atoms with Crippen LogP contribution >= 0.6 is 0 Å². The summed E-state index contributed by atoms with van der Waals surface area (Å²) in [6, 6.07) is 0. The Morgan fingerprint density at radius 1 is 1.54 bits per heavy atom. The number of aliphatic carboxylic acids is 1. The van der Waals surface area contributed by atoms with Crippen molar-refractivity contribution < 1.29 is 15.0 Å². The minimum Gasteiger partial charge on any atom is -0.478 e. The van der Waals surface area contributed by atoms with Crippen LogP contribution in [0.1, 0.15) is 19.3 Å². The van der Waals surface area contributed by atoms with Crippen molar-refractivity contribution >= 4 is 5.97 Å². The lowest BCUT2D eigenvalue weighted by atomic mass is 9.99. The lowest BCUT2D eigenvalue weighted by Gasteiger charge is -2.20. The number of fused-ring (bicyclic) bond motifs is 1. The van der Waals surface area contributed by atoms with Crippen LogP contribution in [0.15, 0.2) is 22.9 Å². The lowest BCUT2D eigenvalue weighted by Crippen LogP contribution is -2.34. The maximum atomic E-state index is 10.8. The number of hydrogen-bond donors (Lipinski definition) is 3. The molecule has 1 aliphatic heterocycles. The Labute approximate surface area is 75.6 Å². The number of dihydropyridines is 1. The first-order valence-electron chi connectivity index (χ1n) is 4.30. The summed E-state index contributed by atoms with van der Waals surface area (Å²) in [4.78, 5) is 10.8. The monoisotopic (exact) mass is 181 g/mol. The average Bonchev–Trinajstić information content (AvgIpc) is 2.50. The van der Waals surface area contributed by atoms with Crippen molar-refractivity contribution in [1.82, 2.24) is 5.32 Å². The molecule has 2 rings (SSSR count). The van der Waals surface area contributed by atoms with E-state index in [-0.39, 0.29) is 5.57 Å². The van der Waals surface area contributed by atoms with Crippen LogP contribution in [0.3, 0.4) is 0 Å². The Balaban J connectivity index is 2.46. The van der Waals surface area contributed by atoms with Crippen molar-refractivity contribution in [1.29, 1.82) is 0 Å². The molecular formula is C9H11NO3. The fourth-order valence-corrected chi connectivity index (χ4v) is 1.91. The van der Waals surface area contributed by atoms with Crippen LogP contribution in [0.4, 0.5) is 0 Å². The number of hydrogen-bond acceptors (Lipinski definition) is 3. The van der Waals surface area contributed by atoms with Crippen LogP contribution < -0.4 is 5.32 Å². The molecule has 0 aromatic heterocycles. The predicted molar refractivity (Wildman–Crippen MR) is 45.7 cm³/mol. The molecule has 0 bridgehead atoms. The summed E-state index contributed by atoms with van der Waals surface area (Å²) in [5.41, 5.74) is 1.97. The Bertz CT molecular complexity index is 317. The normalized spacial score (nSPS) is 26.5. The summed E-state index contributed by atoms with van der Waals surface area (Å²) in [5.74, 6) is -1.03. The zero-order valence-corrected chi connectivity index (χ0v) is 7.08. The number of allylic oxidation sites excluding steroid dienone is 2. The Morgan fingerprint density at radius 3 is 3.00 bits per heavy atom. The summed E-state index contributed by atoms with van der Waals surface area (Å²) in [7, 11) is 0. The molecule has 1 aliphatic carbocycles. The van der Waals surface area contributed by atoms with Gasteiger partial charge in [0.25, 0.3) is 0 Å². The third kappa shape index (κ3) is 1.23. The van der Waals surface area contributed by atoms with Crippen molar-refractivity contribution in [2.45, 2.75) is 25.5 Å². The highest BCUT2D eigenvalue weighted by molar-refractivity contribution is 5.90. The van der Waals surface area contributed by atoms with Crippen LogP contribution in [0.2, 0.25) is 0 Å². The minimum absolute atomic E-state index is 0.120. The molecule has 70 valence electrons. The van der Waals surface area contributed by atoms with Gasteiger partial charge in [0.15, 0.2) is 6.23 Å². The second-order valence-corrected chi connectivity index (χ2v) is 3.29. The molecule has 1 saturated carbocycles. The third-order valence-electron chi connectivity index (χ3n) is 2.50. The van der Waals surface area contributed by atoms with Crippen LogP contribution in [-0.4, -0.2) is 22.4 Å². The smallest absolute Gasteiger partial charge is 0.336 e. The number of carbonyl (C=O) groups is 1. The number of carboxylic acid groups (broad SMARTS) is 1. The van der Waals surface area contributed by atoms with Gasteiger partial charge < -0.3 is 15.5 Å². The molecule has 1 unspecified atom stereocenters. The number of aliphatic hydroxyl groups excluding tert-OH is 1. The van der Waals surface area contributed by atoms with Crippen molar-refractivity contribution in [2.24, 2.45) is 0 Å². The molecule has 13 heavy (non-hydrogen) atoms. The Morgan fingerprint density at radius 2 is 2.31 bits per heavy atom. The van der Waals surface area contributed by atoms with Gasteiger partial charge in [-0.3, -0.25) is 0 Å². The van der Waals surface area contributed by atoms with E-state index in [9.17, 15) is 9.90 Å². The van der Waals surface area contributed by atoms with E-state index >= 15 is 0 Å². The fourth-order valence-electron chi connectivity index (χ4n) is 1.91. The average molecular weight is 181 g/mol. The number of aliphatic hydroxyl groups is 1. The maximum absolute atomic E-state index is 10.8. The molecule has 0 radical (unpaired) electrons. The third-order valence-corrected chi connectivity index (χ3v) is 2.50. The molecule has 1 heterocycles. The van der Waals surface area contributed by atoms with Gasteiger partial charge in [0.2, 0.25) is 0 Å². The summed E-state index contributed by atoms with van der Waals surface area (Å²) < 4.78 is 0. The minimum atomic E-state index is -1.05. The van der Waals surface area contributed by atoms with E-state index in [4.69, 9.17) is 5.11 Å².